The Morgan fingerprint density at radius 2 is 1.38 bits per heavy atom. The summed E-state index contributed by atoms with van der Waals surface area (Å²) in [5.41, 5.74) is 7.23. The number of benzene rings is 2. The number of hydrogen-bond donors (Lipinski definition) is 2. The van der Waals surface area contributed by atoms with Crippen LogP contribution in [0.25, 0.3) is 28.1 Å². The minimum atomic E-state index is -0.0769. The third-order valence-electron chi connectivity index (χ3n) is 8.11. The van der Waals surface area contributed by atoms with Gasteiger partial charge >= 0.3 is 0 Å². The second-order valence-corrected chi connectivity index (χ2v) is 13.3. The molecule has 12 heteroatoms. The first-order valence-corrected chi connectivity index (χ1v) is 17.1. The molecule has 0 radical (unpaired) electrons. The Balaban J connectivity index is 0.000000297. The molecule has 1 saturated heterocycles. The topological polar surface area (TPSA) is 138 Å². The van der Waals surface area contributed by atoms with Gasteiger partial charge in [0.1, 0.15) is 34.2 Å². The van der Waals surface area contributed by atoms with Crippen LogP contribution in [0.3, 0.4) is 0 Å². The van der Waals surface area contributed by atoms with Crippen LogP contribution in [0.2, 0.25) is 0 Å². The Kier molecular flexibility index (Phi) is 16.6. The van der Waals surface area contributed by atoms with Gasteiger partial charge in [-0.25, -0.2) is 9.97 Å². The van der Waals surface area contributed by atoms with E-state index >= 15 is 0 Å². The van der Waals surface area contributed by atoms with Crippen molar-refractivity contribution < 1.29 is 14.4 Å². The van der Waals surface area contributed by atoms with E-state index in [1.165, 1.54) is 13.0 Å². The fourth-order valence-corrected chi connectivity index (χ4v) is 6.44. The number of carbonyl (C=O) groups is 3. The molecular formula is C40H47Br2N7O3. The molecular weight excluding hydrogens is 786 g/mol. The molecule has 1 fully saturated rings. The minimum absolute atomic E-state index is 0. The Morgan fingerprint density at radius 3 is 1.92 bits per heavy atom. The van der Waals surface area contributed by atoms with Gasteiger partial charge in [0.15, 0.2) is 12.1 Å². The molecule has 2 aromatic carbocycles. The minimum Gasteiger partial charge on any atom is -0.341 e. The van der Waals surface area contributed by atoms with Crippen molar-refractivity contribution in [1.82, 2.24) is 34.8 Å². The number of allylic oxidation sites excluding steroid dienone is 1. The first-order chi connectivity index (χ1) is 23.5. The third-order valence-corrected chi connectivity index (χ3v) is 9.39. The van der Waals surface area contributed by atoms with Crippen LogP contribution in [-0.2, 0) is 9.59 Å². The first-order valence-electron chi connectivity index (χ1n) is 15.5. The molecule has 274 valence electrons. The standard InChI is InChI=1S/C19H19BrN4O.C11H9BrN2O.C7H7NO.3CH4/c1-11-5-4-8-21-17(11)15-9-12(25)10-16(24(15)2)19-22-14-7-3-6-13(20)18(14)23-19;1-7(15)5-6-10-13-9-4-2-3-8(12)11(9)14-10;1-6-3-2-4-8-7(6)5-9;;;/h3-8,15-16H,9-10H2,1-2H3,(H,22,23);2-6H,1H3,(H,13,14);2-5H,1H3;3*1H4/b;6-5+;;;;/t15-,16+;;;;;/m0...../s1. The number of hydrogen-bond acceptors (Lipinski definition) is 8. The number of aromatic nitrogens is 6. The summed E-state index contributed by atoms with van der Waals surface area (Å²) < 4.78 is 1.90. The van der Waals surface area contributed by atoms with Crippen LogP contribution in [0.5, 0.6) is 0 Å². The number of piperidine rings is 1. The maximum Gasteiger partial charge on any atom is 0.168 e. The lowest BCUT2D eigenvalue weighted by Crippen LogP contribution is -2.38. The number of Topliss-reactive ketones (excluding diaryl/α,β-unsaturated/α-hetero) is 1. The Labute approximate surface area is 322 Å². The highest BCUT2D eigenvalue weighted by Gasteiger charge is 2.37. The normalized spacial score (nSPS) is 15.3. The highest BCUT2D eigenvalue weighted by atomic mass is 79.9. The van der Waals surface area contributed by atoms with Gasteiger partial charge in [-0.3, -0.25) is 29.3 Å². The number of aromatic amines is 2. The molecule has 1 aliphatic heterocycles. The number of H-pyrrole nitrogens is 2. The number of likely N-dealkylation sites (tertiary alicyclic amines) is 1. The molecule has 2 N–H and O–H groups in total. The molecule has 0 spiro atoms. The van der Waals surface area contributed by atoms with E-state index in [4.69, 9.17) is 4.98 Å². The number of para-hydroxylation sites is 2. The van der Waals surface area contributed by atoms with E-state index in [1.807, 2.05) is 74.5 Å². The molecule has 52 heavy (non-hydrogen) atoms. The average molecular weight is 834 g/mol. The summed E-state index contributed by atoms with van der Waals surface area (Å²) in [6.07, 6.45) is 8.29. The second kappa shape index (κ2) is 19.8. The van der Waals surface area contributed by atoms with E-state index in [-0.39, 0.29) is 45.9 Å². The van der Waals surface area contributed by atoms with Gasteiger partial charge in [0.05, 0.1) is 28.8 Å². The van der Waals surface area contributed by atoms with Crippen molar-refractivity contribution >= 4 is 77.9 Å². The van der Waals surface area contributed by atoms with Crippen LogP contribution < -0.4 is 0 Å². The number of halogens is 2. The van der Waals surface area contributed by atoms with E-state index < -0.39 is 0 Å². The quantitative estimate of drug-likeness (QED) is 0.129. The van der Waals surface area contributed by atoms with Gasteiger partial charge in [0.25, 0.3) is 0 Å². The third kappa shape index (κ3) is 10.5. The molecule has 4 aromatic heterocycles. The number of ketones is 2. The van der Waals surface area contributed by atoms with Crippen LogP contribution in [0, 0.1) is 13.8 Å². The Bertz CT molecular complexity index is 2160. The maximum atomic E-state index is 12.5. The van der Waals surface area contributed by atoms with E-state index in [0.29, 0.717) is 24.4 Å². The predicted octanol–water partition coefficient (Wildman–Crippen LogP) is 10.1. The SMILES string of the molecule is C.C.C.CC(=O)/C=C/c1nc2c(Br)cccc2[nH]1.Cc1cccnc1C=O.Cc1cccnc1[C@@H]1CC(=O)C[C@H](c2nc3c(Br)cccc3[nH]2)N1C. The van der Waals surface area contributed by atoms with Crippen LogP contribution in [-0.4, -0.2) is 59.7 Å². The fraction of sp³-hybridized carbons (Fsp3) is 0.275. The highest BCUT2D eigenvalue weighted by Crippen LogP contribution is 2.39. The molecule has 0 saturated carbocycles. The molecule has 10 nitrogen and oxygen atoms in total. The summed E-state index contributed by atoms with van der Waals surface area (Å²) >= 11 is 6.96. The number of nitrogens with zero attached hydrogens (tertiary/aromatic N) is 5. The molecule has 0 aliphatic carbocycles. The summed E-state index contributed by atoms with van der Waals surface area (Å²) in [5, 5.41) is 0. The van der Waals surface area contributed by atoms with Crippen molar-refractivity contribution in [3.63, 3.8) is 0 Å². The smallest absolute Gasteiger partial charge is 0.168 e. The highest BCUT2D eigenvalue weighted by molar-refractivity contribution is 9.11. The summed E-state index contributed by atoms with van der Waals surface area (Å²) in [5.74, 6) is 1.77. The summed E-state index contributed by atoms with van der Waals surface area (Å²) in [6.45, 7) is 5.41. The first kappa shape index (κ1) is 43.5. The number of imidazole rings is 2. The molecule has 6 aromatic rings. The Morgan fingerprint density at radius 1 is 0.808 bits per heavy atom. The van der Waals surface area contributed by atoms with Crippen LogP contribution >= 0.6 is 31.9 Å². The molecule has 7 rings (SSSR count). The van der Waals surface area contributed by atoms with Crippen molar-refractivity contribution in [2.45, 2.75) is 68.0 Å². The van der Waals surface area contributed by atoms with Crippen molar-refractivity contribution in [3.05, 3.63) is 122 Å². The van der Waals surface area contributed by atoms with Gasteiger partial charge in [-0.2, -0.15) is 0 Å². The van der Waals surface area contributed by atoms with Gasteiger partial charge in [-0.05, 0) is 119 Å². The summed E-state index contributed by atoms with van der Waals surface area (Å²) in [6, 6.07) is 19.3. The molecule has 2 atom stereocenters. The van der Waals surface area contributed by atoms with Gasteiger partial charge < -0.3 is 9.97 Å². The number of pyridine rings is 2. The predicted molar refractivity (Wildman–Crippen MR) is 218 cm³/mol. The van der Waals surface area contributed by atoms with E-state index in [1.54, 1.807) is 18.5 Å². The van der Waals surface area contributed by atoms with Crippen LogP contribution in [0.4, 0.5) is 0 Å². The number of aryl methyl sites for hydroxylation is 2. The number of fused-ring (bicyclic) bond motifs is 2. The van der Waals surface area contributed by atoms with Crippen LogP contribution in [0.1, 0.15) is 93.1 Å². The lowest BCUT2D eigenvalue weighted by atomic mass is 9.91. The van der Waals surface area contributed by atoms with Gasteiger partial charge in [-0.15, -0.1) is 0 Å². The van der Waals surface area contributed by atoms with Crippen molar-refractivity contribution in [3.8, 4) is 0 Å². The van der Waals surface area contributed by atoms with E-state index in [9.17, 15) is 14.4 Å². The number of nitrogens with one attached hydrogen (secondary N) is 2. The molecule has 0 amide bonds. The zero-order chi connectivity index (χ0) is 35.1. The van der Waals surface area contributed by atoms with E-state index in [0.717, 1.165) is 59.9 Å². The zero-order valence-electron chi connectivity index (χ0n) is 27.4. The number of aldehydes is 1. The molecule has 1 aliphatic rings. The molecule has 0 unspecified atom stereocenters. The number of rotatable bonds is 5. The monoisotopic (exact) mass is 831 g/mol. The van der Waals surface area contributed by atoms with Crippen molar-refractivity contribution in [2.24, 2.45) is 0 Å². The summed E-state index contributed by atoms with van der Waals surface area (Å²) in [4.78, 5) is 59.6. The van der Waals surface area contributed by atoms with Crippen molar-refractivity contribution in [1.29, 1.82) is 0 Å². The molecule has 0 bridgehead atoms. The maximum absolute atomic E-state index is 12.5. The zero-order valence-corrected chi connectivity index (χ0v) is 30.6. The average Bonchev–Trinajstić information content (AvgIpc) is 3.72. The van der Waals surface area contributed by atoms with E-state index in [2.05, 4.69) is 68.7 Å². The van der Waals surface area contributed by atoms with Crippen LogP contribution in [0.15, 0.2) is 88.1 Å². The van der Waals surface area contributed by atoms with Gasteiger partial charge in [0.2, 0.25) is 0 Å². The number of carbonyl (C=O) groups excluding carboxylic acids is 3. The second-order valence-electron chi connectivity index (χ2n) is 11.6. The largest absolute Gasteiger partial charge is 0.341 e. The Hall–Kier alpha value is -4.65. The fourth-order valence-electron chi connectivity index (χ4n) is 5.53. The van der Waals surface area contributed by atoms with Crippen molar-refractivity contribution in [2.75, 3.05) is 7.05 Å². The van der Waals surface area contributed by atoms with Gasteiger partial charge in [0, 0.05) is 34.2 Å². The van der Waals surface area contributed by atoms with Gasteiger partial charge in [-0.1, -0.05) is 46.5 Å². The molecule has 5 heterocycles. The lowest BCUT2D eigenvalue weighted by Gasteiger charge is -2.38. The summed E-state index contributed by atoms with van der Waals surface area (Å²) in [7, 11) is 2.05. The lowest BCUT2D eigenvalue weighted by molar-refractivity contribution is -0.125.